The van der Waals surface area contributed by atoms with Crippen LogP contribution in [0.5, 0.6) is 0 Å². The van der Waals surface area contributed by atoms with Gasteiger partial charge in [0, 0.05) is 49.4 Å². The zero-order valence-corrected chi connectivity index (χ0v) is 19.1. The Morgan fingerprint density at radius 2 is 1.94 bits per heavy atom. The van der Waals surface area contributed by atoms with Crippen LogP contribution in [0.3, 0.4) is 0 Å². The summed E-state index contributed by atoms with van der Waals surface area (Å²) in [6.45, 7) is 0. The molecule has 0 saturated heterocycles. The number of carbonyl (C=O) groups is 1. The fourth-order valence-electron chi connectivity index (χ4n) is 4.07. The van der Waals surface area contributed by atoms with Crippen LogP contribution in [0.2, 0.25) is 5.02 Å². The van der Waals surface area contributed by atoms with Crippen molar-refractivity contribution in [2.45, 2.75) is 6.17 Å². The van der Waals surface area contributed by atoms with E-state index in [0.29, 0.717) is 0 Å². The highest BCUT2D eigenvalue weighted by atomic mass is 35.5. The van der Waals surface area contributed by atoms with Crippen LogP contribution < -0.4 is 10.2 Å². The molecule has 5 rings (SSSR count). The summed E-state index contributed by atoms with van der Waals surface area (Å²) in [6, 6.07) is 8.44. The average Bonchev–Trinajstić information content (AvgIpc) is 3.44. The fourth-order valence-corrected chi connectivity index (χ4v) is 4.33. The molecule has 3 heterocycles. The highest BCUT2D eigenvalue weighted by molar-refractivity contribution is 6.34. The van der Waals surface area contributed by atoms with Crippen LogP contribution in [0.4, 0.5) is 14.5 Å². The molecule has 2 aliphatic heterocycles. The quantitative estimate of drug-likeness (QED) is 0.585. The van der Waals surface area contributed by atoms with Crippen LogP contribution in [0.1, 0.15) is 21.5 Å². The van der Waals surface area contributed by atoms with Crippen LogP contribution in [0.25, 0.3) is 11.3 Å². The molecule has 2 aliphatic rings. The number of allylic oxidation sites excluding steroid dienone is 2. The van der Waals surface area contributed by atoms with Gasteiger partial charge in [-0.05, 0) is 30.3 Å². The summed E-state index contributed by atoms with van der Waals surface area (Å²) in [5.41, 5.74) is 3.37. The minimum atomic E-state index is -0.828. The normalized spacial score (nSPS) is 16.6. The second-order valence-corrected chi connectivity index (χ2v) is 8.43. The summed E-state index contributed by atoms with van der Waals surface area (Å²) < 4.78 is 30.1. The number of rotatable bonds is 4. The Bertz CT molecular complexity index is 1370. The molecule has 0 aliphatic carbocycles. The molecule has 172 valence electrons. The van der Waals surface area contributed by atoms with Crippen LogP contribution in [-0.4, -0.2) is 33.8 Å². The van der Waals surface area contributed by atoms with Gasteiger partial charge in [0.1, 0.15) is 23.5 Å². The number of halogens is 3. The summed E-state index contributed by atoms with van der Waals surface area (Å²) in [4.78, 5) is 16.0. The molecule has 1 atom stereocenters. The molecule has 0 radical (unpaired) electrons. The standard InChI is InChI=1S/C25H20ClF2N5O/c1-31-13-17(11-30-31)16-7-9-23-29-12-22(33(23)14-16)15-6-8-18(19(26)10-15)25(34)32(2)24-20(27)4-3-5-21(24)28/h3-14,23,29H,1-2H3. The van der Waals surface area contributed by atoms with Gasteiger partial charge in [0.25, 0.3) is 5.91 Å². The first-order valence-electron chi connectivity index (χ1n) is 10.5. The Kier molecular flexibility index (Phi) is 5.45. The molecule has 1 aromatic heterocycles. The van der Waals surface area contributed by atoms with Crippen molar-refractivity contribution in [3.8, 4) is 0 Å². The van der Waals surface area contributed by atoms with E-state index in [2.05, 4.69) is 15.3 Å². The number of hydrogen-bond acceptors (Lipinski definition) is 4. The number of amides is 1. The third-order valence-electron chi connectivity index (χ3n) is 5.82. The molecule has 1 unspecified atom stereocenters. The van der Waals surface area contributed by atoms with E-state index in [4.69, 9.17) is 11.6 Å². The zero-order chi connectivity index (χ0) is 24.0. The number of fused-ring (bicyclic) bond motifs is 1. The summed E-state index contributed by atoms with van der Waals surface area (Å²) in [5, 5.41) is 7.72. The van der Waals surface area contributed by atoms with Gasteiger partial charge >= 0.3 is 0 Å². The Hall–Kier alpha value is -3.91. The van der Waals surface area contributed by atoms with E-state index in [9.17, 15) is 13.6 Å². The van der Waals surface area contributed by atoms with Gasteiger partial charge in [-0.25, -0.2) is 8.78 Å². The van der Waals surface area contributed by atoms with Gasteiger partial charge in [0.2, 0.25) is 0 Å². The second kappa shape index (κ2) is 8.46. The van der Waals surface area contributed by atoms with Gasteiger partial charge in [-0.2, -0.15) is 5.10 Å². The molecule has 9 heteroatoms. The number of hydrogen-bond donors (Lipinski definition) is 1. The zero-order valence-electron chi connectivity index (χ0n) is 18.3. The third-order valence-corrected chi connectivity index (χ3v) is 6.13. The predicted octanol–water partition coefficient (Wildman–Crippen LogP) is 4.77. The van der Waals surface area contributed by atoms with Crippen molar-refractivity contribution in [2.75, 3.05) is 11.9 Å². The fraction of sp³-hybridized carbons (Fsp3) is 0.120. The van der Waals surface area contributed by atoms with Crippen LogP contribution >= 0.6 is 11.6 Å². The number of benzene rings is 2. The first-order valence-corrected chi connectivity index (χ1v) is 10.9. The van der Waals surface area contributed by atoms with Crippen molar-refractivity contribution in [2.24, 2.45) is 7.05 Å². The third kappa shape index (κ3) is 3.76. The smallest absolute Gasteiger partial charge is 0.259 e. The Labute approximate surface area is 200 Å². The highest BCUT2D eigenvalue weighted by Gasteiger charge is 2.28. The lowest BCUT2D eigenvalue weighted by molar-refractivity contribution is 0.0991. The van der Waals surface area contributed by atoms with Crippen molar-refractivity contribution in [1.29, 1.82) is 0 Å². The molecule has 2 aromatic carbocycles. The minimum absolute atomic E-state index is 0.0503. The summed E-state index contributed by atoms with van der Waals surface area (Å²) in [6.07, 6.45) is 11.7. The number of aromatic nitrogens is 2. The molecule has 34 heavy (non-hydrogen) atoms. The van der Waals surface area contributed by atoms with E-state index >= 15 is 0 Å². The van der Waals surface area contributed by atoms with E-state index in [-0.39, 0.29) is 16.8 Å². The Balaban J connectivity index is 1.42. The first kappa shape index (κ1) is 21.9. The monoisotopic (exact) mass is 479 g/mol. The lowest BCUT2D eigenvalue weighted by Gasteiger charge is -2.28. The van der Waals surface area contributed by atoms with Crippen molar-refractivity contribution in [1.82, 2.24) is 20.0 Å². The number of carbonyl (C=O) groups excluding carboxylic acids is 1. The second-order valence-electron chi connectivity index (χ2n) is 8.02. The van der Waals surface area contributed by atoms with E-state index in [1.165, 1.54) is 13.1 Å². The molecule has 0 bridgehead atoms. The van der Waals surface area contributed by atoms with Gasteiger partial charge in [-0.3, -0.25) is 9.48 Å². The lowest BCUT2D eigenvalue weighted by Crippen LogP contribution is -2.32. The molecule has 0 fully saturated rings. The predicted molar refractivity (Wildman–Crippen MR) is 128 cm³/mol. The van der Waals surface area contributed by atoms with Crippen LogP contribution in [-0.2, 0) is 7.05 Å². The minimum Gasteiger partial charge on any atom is -0.366 e. The van der Waals surface area contributed by atoms with Crippen molar-refractivity contribution >= 4 is 34.5 Å². The molecule has 0 saturated carbocycles. The van der Waals surface area contributed by atoms with E-state index < -0.39 is 23.2 Å². The summed E-state index contributed by atoms with van der Waals surface area (Å²) in [5.74, 6) is -2.27. The first-order chi connectivity index (χ1) is 16.3. The van der Waals surface area contributed by atoms with Crippen molar-refractivity contribution in [3.63, 3.8) is 0 Å². The maximum absolute atomic E-state index is 14.2. The number of aryl methyl sites for hydroxylation is 1. The SMILES string of the molecule is CN(C(=O)c1ccc(C2=CNC3C=CC(c4cnn(C)c4)=CN23)cc1Cl)c1c(F)cccc1F. The molecule has 0 spiro atoms. The largest absolute Gasteiger partial charge is 0.366 e. The van der Waals surface area contributed by atoms with Gasteiger partial charge in [-0.15, -0.1) is 0 Å². The Morgan fingerprint density at radius 3 is 2.62 bits per heavy atom. The van der Waals surface area contributed by atoms with Crippen LogP contribution in [0, 0.1) is 11.6 Å². The number of para-hydroxylation sites is 1. The lowest BCUT2D eigenvalue weighted by atomic mass is 10.0. The molecular weight excluding hydrogens is 460 g/mol. The molecule has 3 aromatic rings. The number of nitrogens with one attached hydrogen (secondary N) is 1. The van der Waals surface area contributed by atoms with Crippen molar-refractivity contribution in [3.05, 3.63) is 107 Å². The van der Waals surface area contributed by atoms with Gasteiger partial charge in [-0.1, -0.05) is 29.8 Å². The topological polar surface area (TPSA) is 53.4 Å². The maximum atomic E-state index is 14.2. The van der Waals surface area contributed by atoms with Gasteiger partial charge in [0.05, 0.1) is 22.5 Å². The summed E-state index contributed by atoms with van der Waals surface area (Å²) >= 11 is 6.47. The Morgan fingerprint density at radius 1 is 1.18 bits per heavy atom. The molecule has 1 amide bonds. The number of anilines is 1. The van der Waals surface area contributed by atoms with E-state index in [1.807, 2.05) is 37.8 Å². The molecule has 6 nitrogen and oxygen atoms in total. The maximum Gasteiger partial charge on any atom is 0.259 e. The van der Waals surface area contributed by atoms with E-state index in [0.717, 1.165) is 39.4 Å². The molecular formula is C25H20ClF2N5O. The van der Waals surface area contributed by atoms with Gasteiger partial charge in [0.15, 0.2) is 0 Å². The van der Waals surface area contributed by atoms with Gasteiger partial charge < -0.3 is 15.1 Å². The average molecular weight is 480 g/mol. The van der Waals surface area contributed by atoms with Crippen LogP contribution in [0.15, 0.2) is 73.3 Å². The number of nitrogens with zero attached hydrogens (tertiary/aromatic N) is 4. The van der Waals surface area contributed by atoms with Crippen molar-refractivity contribution < 1.29 is 13.6 Å². The summed E-state index contributed by atoms with van der Waals surface area (Å²) in [7, 11) is 3.18. The molecule has 1 N–H and O–H groups in total. The van der Waals surface area contributed by atoms with E-state index in [1.54, 1.807) is 29.1 Å². The highest BCUT2D eigenvalue weighted by Crippen LogP contribution is 2.34.